The van der Waals surface area contributed by atoms with E-state index < -0.39 is 11.4 Å². The molecular formula is C20H17NO3. The van der Waals surface area contributed by atoms with E-state index in [1.807, 2.05) is 53.1 Å². The van der Waals surface area contributed by atoms with Crippen LogP contribution in [0.25, 0.3) is 10.9 Å². The van der Waals surface area contributed by atoms with Crippen LogP contribution in [0.5, 0.6) is 0 Å². The van der Waals surface area contributed by atoms with Crippen molar-refractivity contribution in [2.24, 2.45) is 0 Å². The molecule has 0 spiro atoms. The zero-order valence-electron chi connectivity index (χ0n) is 13.1. The number of hydrogen-bond donors (Lipinski definition) is 1. The van der Waals surface area contributed by atoms with Crippen molar-refractivity contribution in [3.8, 4) is 0 Å². The molecule has 0 amide bonds. The summed E-state index contributed by atoms with van der Waals surface area (Å²) in [4.78, 5) is 24.0. The van der Waals surface area contributed by atoms with Gasteiger partial charge in [0.25, 0.3) is 0 Å². The summed E-state index contributed by atoms with van der Waals surface area (Å²) in [5, 5.41) is 9.84. The molecule has 1 N–H and O–H groups in total. The first-order valence-corrected chi connectivity index (χ1v) is 8.08. The number of nitrogens with zero attached hydrogens (tertiary/aromatic N) is 1. The fourth-order valence-corrected chi connectivity index (χ4v) is 3.15. The normalized spacial score (nSPS) is 14.0. The summed E-state index contributed by atoms with van der Waals surface area (Å²) < 4.78 is 1.95. The van der Waals surface area contributed by atoms with E-state index >= 15 is 0 Å². The smallest absolute Gasteiger partial charge is 0.341 e. The molecule has 24 heavy (non-hydrogen) atoms. The van der Waals surface area contributed by atoms with Crippen LogP contribution in [0.15, 0.2) is 59.5 Å². The average molecular weight is 319 g/mol. The van der Waals surface area contributed by atoms with Crippen LogP contribution in [-0.4, -0.2) is 15.6 Å². The van der Waals surface area contributed by atoms with Crippen LogP contribution in [0.1, 0.15) is 40.4 Å². The van der Waals surface area contributed by atoms with Crippen molar-refractivity contribution in [1.82, 2.24) is 4.57 Å². The zero-order valence-corrected chi connectivity index (χ0v) is 13.1. The Morgan fingerprint density at radius 1 is 1.08 bits per heavy atom. The van der Waals surface area contributed by atoms with Crippen molar-refractivity contribution < 1.29 is 9.90 Å². The van der Waals surface area contributed by atoms with E-state index in [1.165, 1.54) is 6.20 Å². The van der Waals surface area contributed by atoms with Gasteiger partial charge in [-0.15, -0.1) is 0 Å². The Morgan fingerprint density at radius 2 is 1.83 bits per heavy atom. The maximum atomic E-state index is 12.6. The predicted octanol–water partition coefficient (Wildman–Crippen LogP) is 3.63. The first-order valence-electron chi connectivity index (χ1n) is 8.08. The van der Waals surface area contributed by atoms with Gasteiger partial charge in [0, 0.05) is 17.6 Å². The lowest BCUT2D eigenvalue weighted by Crippen LogP contribution is -2.18. The highest BCUT2D eigenvalue weighted by molar-refractivity contribution is 5.92. The highest BCUT2D eigenvalue weighted by Crippen LogP contribution is 2.37. The lowest BCUT2D eigenvalue weighted by molar-refractivity contribution is 0.0695. The number of carboxylic acids is 1. The van der Waals surface area contributed by atoms with E-state index in [4.69, 9.17) is 0 Å². The summed E-state index contributed by atoms with van der Waals surface area (Å²) in [5.74, 6) is -1.16. The second-order valence-corrected chi connectivity index (χ2v) is 6.33. The fraction of sp³-hybridized carbons (Fsp3) is 0.200. The van der Waals surface area contributed by atoms with Gasteiger partial charge in [-0.2, -0.15) is 0 Å². The van der Waals surface area contributed by atoms with Gasteiger partial charge in [-0.25, -0.2) is 4.79 Å². The third-order valence-corrected chi connectivity index (χ3v) is 4.52. The molecule has 3 aromatic rings. The van der Waals surface area contributed by atoms with Gasteiger partial charge in [0.2, 0.25) is 5.43 Å². The third-order valence-electron chi connectivity index (χ3n) is 4.52. The van der Waals surface area contributed by atoms with Crippen molar-refractivity contribution in [1.29, 1.82) is 0 Å². The molecule has 4 nitrogen and oxygen atoms in total. The van der Waals surface area contributed by atoms with E-state index in [0.29, 0.717) is 11.4 Å². The van der Waals surface area contributed by atoms with Gasteiger partial charge in [0.1, 0.15) is 5.56 Å². The fourth-order valence-electron chi connectivity index (χ4n) is 3.15. The van der Waals surface area contributed by atoms with E-state index in [1.54, 1.807) is 0 Å². The van der Waals surface area contributed by atoms with E-state index in [-0.39, 0.29) is 5.56 Å². The van der Waals surface area contributed by atoms with Crippen LogP contribution in [0, 0.1) is 0 Å². The highest BCUT2D eigenvalue weighted by Gasteiger charge is 2.26. The zero-order chi connectivity index (χ0) is 16.7. The topological polar surface area (TPSA) is 59.3 Å². The standard InChI is InChI=1S/C20H17NO3/c22-19-16-11-14(10-13-4-2-1-3-5-13)6-9-18(16)21(15-7-8-15)12-17(19)20(23)24/h1-6,9,11-12,15H,7-8,10H2,(H,23,24). The van der Waals surface area contributed by atoms with Crippen LogP contribution in [0.3, 0.4) is 0 Å². The Hall–Kier alpha value is -2.88. The molecule has 1 fully saturated rings. The molecule has 0 radical (unpaired) electrons. The Labute approximate surface area is 139 Å². The molecular weight excluding hydrogens is 302 g/mol. The number of aromatic carboxylic acids is 1. The summed E-state index contributed by atoms with van der Waals surface area (Å²) >= 11 is 0. The molecule has 4 heteroatoms. The van der Waals surface area contributed by atoms with Crippen LogP contribution in [0.2, 0.25) is 0 Å². The average Bonchev–Trinajstić information content (AvgIpc) is 3.41. The van der Waals surface area contributed by atoms with Gasteiger partial charge in [-0.1, -0.05) is 36.4 Å². The maximum absolute atomic E-state index is 12.6. The van der Waals surface area contributed by atoms with Gasteiger partial charge in [-0.3, -0.25) is 4.79 Å². The molecule has 4 rings (SSSR count). The number of benzene rings is 2. The van der Waals surface area contributed by atoms with Crippen molar-refractivity contribution in [3.63, 3.8) is 0 Å². The molecule has 0 aliphatic heterocycles. The van der Waals surface area contributed by atoms with Gasteiger partial charge < -0.3 is 9.67 Å². The molecule has 1 saturated carbocycles. The minimum absolute atomic E-state index is 0.147. The summed E-state index contributed by atoms with van der Waals surface area (Å²) in [6.07, 6.45) is 4.28. The number of aromatic nitrogens is 1. The molecule has 0 unspecified atom stereocenters. The minimum atomic E-state index is -1.16. The molecule has 0 bridgehead atoms. The van der Waals surface area contributed by atoms with Crippen molar-refractivity contribution in [2.45, 2.75) is 25.3 Å². The number of rotatable bonds is 4. The lowest BCUT2D eigenvalue weighted by atomic mass is 10.0. The Morgan fingerprint density at radius 3 is 2.50 bits per heavy atom. The molecule has 0 saturated heterocycles. The lowest BCUT2D eigenvalue weighted by Gasteiger charge is -2.12. The van der Waals surface area contributed by atoms with Crippen molar-refractivity contribution in [2.75, 3.05) is 0 Å². The van der Waals surface area contributed by atoms with Gasteiger partial charge in [0.05, 0.1) is 5.52 Å². The molecule has 120 valence electrons. The highest BCUT2D eigenvalue weighted by atomic mass is 16.4. The van der Waals surface area contributed by atoms with Crippen LogP contribution in [-0.2, 0) is 6.42 Å². The molecule has 1 aromatic heterocycles. The van der Waals surface area contributed by atoms with E-state index in [0.717, 1.165) is 35.9 Å². The number of hydrogen-bond acceptors (Lipinski definition) is 2. The SMILES string of the molecule is O=C(O)c1cn(C2CC2)c2ccc(Cc3ccccc3)cc2c1=O. The number of carboxylic acid groups (broad SMARTS) is 1. The van der Waals surface area contributed by atoms with Crippen molar-refractivity contribution >= 4 is 16.9 Å². The first-order chi connectivity index (χ1) is 11.6. The molecule has 1 aliphatic rings. The first kappa shape index (κ1) is 14.7. The number of pyridine rings is 1. The maximum Gasteiger partial charge on any atom is 0.341 e. The Bertz CT molecular complexity index is 985. The van der Waals surface area contributed by atoms with E-state index in [9.17, 15) is 14.7 Å². The second-order valence-electron chi connectivity index (χ2n) is 6.33. The minimum Gasteiger partial charge on any atom is -0.477 e. The number of carbonyl (C=O) groups is 1. The van der Waals surface area contributed by atoms with Crippen LogP contribution in [0.4, 0.5) is 0 Å². The summed E-state index contributed by atoms with van der Waals surface area (Å²) in [6.45, 7) is 0. The van der Waals surface area contributed by atoms with Gasteiger partial charge in [0.15, 0.2) is 0 Å². The van der Waals surface area contributed by atoms with Gasteiger partial charge in [-0.05, 0) is 42.5 Å². The molecule has 2 aromatic carbocycles. The Kier molecular flexibility index (Phi) is 3.45. The third kappa shape index (κ3) is 2.60. The summed E-state index contributed by atoms with van der Waals surface area (Å²) in [7, 11) is 0. The molecule has 0 atom stereocenters. The predicted molar refractivity (Wildman–Crippen MR) is 92.7 cm³/mol. The van der Waals surface area contributed by atoms with Gasteiger partial charge >= 0.3 is 5.97 Å². The molecule has 1 heterocycles. The summed E-state index contributed by atoms with van der Waals surface area (Å²) in [5.41, 5.74) is 2.45. The largest absolute Gasteiger partial charge is 0.477 e. The monoisotopic (exact) mass is 319 g/mol. The summed E-state index contributed by atoms with van der Waals surface area (Å²) in [6, 6.07) is 16.1. The van der Waals surface area contributed by atoms with Crippen LogP contribution >= 0.6 is 0 Å². The van der Waals surface area contributed by atoms with Crippen molar-refractivity contribution in [3.05, 3.63) is 81.6 Å². The quantitative estimate of drug-likeness (QED) is 0.799. The molecule has 1 aliphatic carbocycles. The second kappa shape index (κ2) is 5.64. The van der Waals surface area contributed by atoms with Crippen LogP contribution < -0.4 is 5.43 Å². The Balaban J connectivity index is 1.87. The van der Waals surface area contributed by atoms with E-state index in [2.05, 4.69) is 0 Å². The number of fused-ring (bicyclic) bond motifs is 1.